The largest absolute Gasteiger partial charge is 0.493 e. The number of ether oxygens (including phenoxy) is 1. The van der Waals surface area contributed by atoms with Crippen molar-refractivity contribution < 1.29 is 19.4 Å². The number of carbonyl (C=O) groups excluding carboxylic acids is 1. The SMILES string of the molecule is O=C(O)[C@@H]1CC[C@H](C(=O)NCc2cc(Cl)cc3c2OCC3)C1. The van der Waals surface area contributed by atoms with Gasteiger partial charge in [-0.05, 0) is 37.0 Å². The van der Waals surface area contributed by atoms with E-state index in [9.17, 15) is 9.59 Å². The summed E-state index contributed by atoms with van der Waals surface area (Å²) in [6, 6.07) is 3.70. The van der Waals surface area contributed by atoms with E-state index in [0.29, 0.717) is 37.4 Å². The number of amides is 1. The Kier molecular flexibility index (Phi) is 4.25. The molecule has 1 aliphatic heterocycles. The molecule has 1 fully saturated rings. The third kappa shape index (κ3) is 3.04. The van der Waals surface area contributed by atoms with Gasteiger partial charge in [0.1, 0.15) is 5.75 Å². The molecule has 0 aromatic heterocycles. The second kappa shape index (κ2) is 6.16. The summed E-state index contributed by atoms with van der Waals surface area (Å²) in [4.78, 5) is 23.1. The molecule has 5 nitrogen and oxygen atoms in total. The fourth-order valence-electron chi connectivity index (χ4n) is 3.25. The number of hydrogen-bond donors (Lipinski definition) is 2. The van der Waals surface area contributed by atoms with Gasteiger partial charge in [0, 0.05) is 29.5 Å². The monoisotopic (exact) mass is 323 g/mol. The van der Waals surface area contributed by atoms with Crippen LogP contribution in [0.15, 0.2) is 12.1 Å². The zero-order valence-electron chi connectivity index (χ0n) is 12.1. The van der Waals surface area contributed by atoms with Gasteiger partial charge in [-0.3, -0.25) is 9.59 Å². The van der Waals surface area contributed by atoms with Crippen LogP contribution >= 0.6 is 11.6 Å². The lowest BCUT2D eigenvalue weighted by Crippen LogP contribution is -2.29. The van der Waals surface area contributed by atoms with E-state index in [-0.39, 0.29) is 11.8 Å². The molecule has 1 aromatic rings. The molecule has 1 amide bonds. The molecule has 118 valence electrons. The Hall–Kier alpha value is -1.75. The minimum absolute atomic E-state index is 0.0875. The lowest BCUT2D eigenvalue weighted by molar-refractivity contribution is -0.141. The molecule has 0 bridgehead atoms. The molecule has 2 aliphatic rings. The standard InChI is InChI=1S/C16H18ClNO4/c17-13-6-9-3-4-22-14(9)12(7-13)8-18-15(19)10-1-2-11(5-10)16(20)21/h6-7,10-11H,1-5,8H2,(H,18,19)(H,20,21)/t10-,11+/m0/s1. The van der Waals surface area contributed by atoms with Gasteiger partial charge < -0.3 is 15.2 Å². The van der Waals surface area contributed by atoms with E-state index in [0.717, 1.165) is 23.3 Å². The first-order valence-corrected chi connectivity index (χ1v) is 7.87. The summed E-state index contributed by atoms with van der Waals surface area (Å²) in [5.74, 6) is -0.685. The van der Waals surface area contributed by atoms with Crippen LogP contribution in [0.2, 0.25) is 5.02 Å². The highest BCUT2D eigenvalue weighted by Gasteiger charge is 2.33. The van der Waals surface area contributed by atoms with Crippen molar-refractivity contribution in [3.8, 4) is 5.75 Å². The maximum absolute atomic E-state index is 12.2. The molecular formula is C16H18ClNO4. The molecule has 1 saturated carbocycles. The summed E-state index contributed by atoms with van der Waals surface area (Å²) in [5.41, 5.74) is 1.95. The number of fused-ring (bicyclic) bond motifs is 1. The van der Waals surface area contributed by atoms with Gasteiger partial charge >= 0.3 is 5.97 Å². The van der Waals surface area contributed by atoms with E-state index >= 15 is 0 Å². The average molecular weight is 324 g/mol. The first-order valence-electron chi connectivity index (χ1n) is 7.49. The number of carboxylic acid groups (broad SMARTS) is 1. The molecule has 2 atom stereocenters. The Morgan fingerprint density at radius 2 is 2.09 bits per heavy atom. The van der Waals surface area contributed by atoms with Gasteiger partial charge in [-0.15, -0.1) is 0 Å². The molecule has 1 aliphatic carbocycles. The van der Waals surface area contributed by atoms with Gasteiger partial charge in [-0.25, -0.2) is 0 Å². The van der Waals surface area contributed by atoms with Crippen LogP contribution in [0.5, 0.6) is 5.75 Å². The number of carbonyl (C=O) groups is 2. The van der Waals surface area contributed by atoms with Crippen molar-refractivity contribution >= 4 is 23.5 Å². The van der Waals surface area contributed by atoms with Crippen molar-refractivity contribution in [1.82, 2.24) is 5.32 Å². The van der Waals surface area contributed by atoms with Crippen LogP contribution in [0.1, 0.15) is 30.4 Å². The Morgan fingerprint density at radius 1 is 1.32 bits per heavy atom. The number of rotatable bonds is 4. The number of carboxylic acids is 1. The third-order valence-corrected chi connectivity index (χ3v) is 4.65. The molecule has 2 N–H and O–H groups in total. The molecular weight excluding hydrogens is 306 g/mol. The summed E-state index contributed by atoms with van der Waals surface area (Å²) < 4.78 is 5.60. The van der Waals surface area contributed by atoms with Crippen molar-refractivity contribution in [2.45, 2.75) is 32.2 Å². The zero-order chi connectivity index (χ0) is 15.7. The molecule has 1 heterocycles. The number of halogens is 1. The summed E-state index contributed by atoms with van der Waals surface area (Å²) in [6.45, 7) is 0.996. The molecule has 0 saturated heterocycles. The van der Waals surface area contributed by atoms with Crippen molar-refractivity contribution in [2.75, 3.05) is 6.61 Å². The lowest BCUT2D eigenvalue weighted by Gasteiger charge is -2.13. The number of benzene rings is 1. The molecule has 1 aromatic carbocycles. The molecule has 3 rings (SSSR count). The van der Waals surface area contributed by atoms with Crippen LogP contribution in [-0.4, -0.2) is 23.6 Å². The highest BCUT2D eigenvalue weighted by atomic mass is 35.5. The average Bonchev–Trinajstić information content (AvgIpc) is 3.12. The Morgan fingerprint density at radius 3 is 2.82 bits per heavy atom. The smallest absolute Gasteiger partial charge is 0.306 e. The van der Waals surface area contributed by atoms with Crippen LogP contribution in [0, 0.1) is 11.8 Å². The first-order chi connectivity index (χ1) is 10.5. The molecule has 6 heteroatoms. The van der Waals surface area contributed by atoms with Crippen LogP contribution < -0.4 is 10.1 Å². The Bertz CT molecular complexity index is 616. The highest BCUT2D eigenvalue weighted by Crippen LogP contribution is 2.34. The maximum atomic E-state index is 12.2. The number of nitrogens with one attached hydrogen (secondary N) is 1. The zero-order valence-corrected chi connectivity index (χ0v) is 12.9. The predicted octanol–water partition coefficient (Wildman–Crippen LogP) is 2.39. The van der Waals surface area contributed by atoms with E-state index in [1.165, 1.54) is 0 Å². The van der Waals surface area contributed by atoms with Gasteiger partial charge in [0.25, 0.3) is 0 Å². The van der Waals surface area contributed by atoms with E-state index in [1.54, 1.807) is 6.07 Å². The molecule has 0 spiro atoms. The molecule has 0 unspecified atom stereocenters. The van der Waals surface area contributed by atoms with Gasteiger partial charge in [-0.1, -0.05) is 11.6 Å². The topological polar surface area (TPSA) is 75.6 Å². The summed E-state index contributed by atoms with van der Waals surface area (Å²) in [6.07, 6.45) is 2.46. The molecule has 0 radical (unpaired) electrons. The summed E-state index contributed by atoms with van der Waals surface area (Å²) in [5, 5.41) is 12.5. The molecule has 22 heavy (non-hydrogen) atoms. The predicted molar refractivity (Wildman–Crippen MR) is 81.0 cm³/mol. The second-order valence-corrected chi connectivity index (χ2v) is 6.35. The van der Waals surface area contributed by atoms with Gasteiger partial charge in [0.15, 0.2) is 0 Å². The lowest BCUT2D eigenvalue weighted by atomic mass is 10.0. The van der Waals surface area contributed by atoms with Crippen molar-refractivity contribution in [3.05, 3.63) is 28.3 Å². The fraction of sp³-hybridized carbons (Fsp3) is 0.500. The van der Waals surface area contributed by atoms with Crippen LogP contribution in [0.25, 0.3) is 0 Å². The van der Waals surface area contributed by atoms with E-state index in [2.05, 4.69) is 5.32 Å². The fourth-order valence-corrected chi connectivity index (χ4v) is 3.51. The van der Waals surface area contributed by atoms with E-state index in [4.69, 9.17) is 21.4 Å². The maximum Gasteiger partial charge on any atom is 0.306 e. The van der Waals surface area contributed by atoms with Crippen LogP contribution in [0.4, 0.5) is 0 Å². The summed E-state index contributed by atoms with van der Waals surface area (Å²) >= 11 is 6.09. The summed E-state index contributed by atoms with van der Waals surface area (Å²) in [7, 11) is 0. The minimum Gasteiger partial charge on any atom is -0.493 e. The van der Waals surface area contributed by atoms with Crippen molar-refractivity contribution in [1.29, 1.82) is 0 Å². The van der Waals surface area contributed by atoms with Gasteiger partial charge in [0.05, 0.1) is 12.5 Å². The van der Waals surface area contributed by atoms with Gasteiger partial charge in [-0.2, -0.15) is 0 Å². The van der Waals surface area contributed by atoms with Gasteiger partial charge in [0.2, 0.25) is 5.91 Å². The van der Waals surface area contributed by atoms with Crippen molar-refractivity contribution in [2.24, 2.45) is 11.8 Å². The first kappa shape index (κ1) is 15.2. The number of aliphatic carboxylic acids is 1. The van der Waals surface area contributed by atoms with Crippen molar-refractivity contribution in [3.63, 3.8) is 0 Å². The van der Waals surface area contributed by atoms with E-state index < -0.39 is 11.9 Å². The Labute approximate surface area is 133 Å². The second-order valence-electron chi connectivity index (χ2n) is 5.91. The van der Waals surface area contributed by atoms with Crippen LogP contribution in [0.3, 0.4) is 0 Å². The normalized spacial score (nSPS) is 23.0. The number of hydrogen-bond acceptors (Lipinski definition) is 3. The third-order valence-electron chi connectivity index (χ3n) is 4.43. The van der Waals surface area contributed by atoms with Crippen LogP contribution in [-0.2, 0) is 22.6 Å². The Balaban J connectivity index is 1.62. The minimum atomic E-state index is -0.809. The highest BCUT2D eigenvalue weighted by molar-refractivity contribution is 6.30. The van der Waals surface area contributed by atoms with E-state index in [1.807, 2.05) is 6.07 Å². The quantitative estimate of drug-likeness (QED) is 0.892.